The van der Waals surface area contributed by atoms with E-state index in [4.69, 9.17) is 10.5 Å². The van der Waals surface area contributed by atoms with Gasteiger partial charge < -0.3 is 10.5 Å². The highest BCUT2D eigenvalue weighted by molar-refractivity contribution is 7.99. The largest absolute Gasteiger partial charge is 0.380 e. The third-order valence-electron chi connectivity index (χ3n) is 2.72. The third kappa shape index (κ3) is 7.49. The van der Waals surface area contributed by atoms with Gasteiger partial charge in [-0.2, -0.15) is 11.8 Å². The van der Waals surface area contributed by atoms with Crippen LogP contribution in [0.1, 0.15) is 27.2 Å². The Balaban J connectivity index is 3.85. The monoisotopic (exact) mass is 248 g/mol. The molecule has 16 heavy (non-hydrogen) atoms. The Morgan fingerprint density at radius 2 is 2.06 bits per heavy atom. The number of rotatable bonds is 11. The standard InChI is InChI=1S/C12H28N2OS/c1-4-14(8-9-15-5-2)12(11-13)7-10-16-6-3/h12H,4-11,13H2,1-3H3. The highest BCUT2D eigenvalue weighted by Crippen LogP contribution is 2.09. The molecule has 0 heterocycles. The molecule has 4 heteroatoms. The molecule has 0 saturated carbocycles. The van der Waals surface area contributed by atoms with E-state index in [1.807, 2.05) is 18.7 Å². The van der Waals surface area contributed by atoms with Gasteiger partial charge in [0.25, 0.3) is 0 Å². The van der Waals surface area contributed by atoms with Crippen LogP contribution in [0, 0.1) is 0 Å². The third-order valence-corrected chi connectivity index (χ3v) is 3.65. The lowest BCUT2D eigenvalue weighted by atomic mass is 10.2. The molecule has 0 amide bonds. The van der Waals surface area contributed by atoms with Gasteiger partial charge in [0.2, 0.25) is 0 Å². The number of nitrogens with zero attached hydrogens (tertiary/aromatic N) is 1. The van der Waals surface area contributed by atoms with E-state index < -0.39 is 0 Å². The Morgan fingerprint density at radius 1 is 1.31 bits per heavy atom. The predicted molar refractivity (Wildman–Crippen MR) is 74.2 cm³/mol. The molecule has 0 aromatic carbocycles. The van der Waals surface area contributed by atoms with Gasteiger partial charge in [0.05, 0.1) is 6.61 Å². The van der Waals surface area contributed by atoms with Crippen molar-refractivity contribution in [1.82, 2.24) is 4.90 Å². The number of nitrogens with two attached hydrogens (primary N) is 1. The quantitative estimate of drug-likeness (QED) is 0.566. The zero-order chi connectivity index (χ0) is 12.2. The second-order valence-corrected chi connectivity index (χ2v) is 5.09. The van der Waals surface area contributed by atoms with Gasteiger partial charge in [-0.1, -0.05) is 13.8 Å². The molecule has 2 N–H and O–H groups in total. The molecule has 0 aliphatic heterocycles. The van der Waals surface area contributed by atoms with Gasteiger partial charge in [-0.3, -0.25) is 4.90 Å². The van der Waals surface area contributed by atoms with E-state index in [1.165, 1.54) is 17.9 Å². The molecule has 1 atom stereocenters. The van der Waals surface area contributed by atoms with Crippen LogP contribution in [0.4, 0.5) is 0 Å². The summed E-state index contributed by atoms with van der Waals surface area (Å²) in [5, 5.41) is 0. The van der Waals surface area contributed by atoms with Crippen molar-refractivity contribution in [3.05, 3.63) is 0 Å². The molecular formula is C12H28N2OS. The van der Waals surface area contributed by atoms with Crippen LogP contribution in [0.5, 0.6) is 0 Å². The Hall–Kier alpha value is 0.230. The van der Waals surface area contributed by atoms with Crippen LogP contribution in [0.15, 0.2) is 0 Å². The van der Waals surface area contributed by atoms with Crippen molar-refractivity contribution in [2.75, 3.05) is 44.4 Å². The SMILES string of the molecule is CCOCCN(CC)C(CN)CCSCC. The molecule has 0 bridgehead atoms. The Kier molecular flexibility index (Phi) is 11.9. The molecule has 0 aliphatic rings. The summed E-state index contributed by atoms with van der Waals surface area (Å²) in [7, 11) is 0. The maximum atomic E-state index is 5.84. The minimum atomic E-state index is 0.518. The summed E-state index contributed by atoms with van der Waals surface area (Å²) < 4.78 is 5.40. The van der Waals surface area contributed by atoms with Crippen molar-refractivity contribution in [3.63, 3.8) is 0 Å². The van der Waals surface area contributed by atoms with Gasteiger partial charge >= 0.3 is 0 Å². The number of likely N-dealkylation sites (N-methyl/N-ethyl adjacent to an activating group) is 1. The number of hydrogen-bond donors (Lipinski definition) is 1. The van der Waals surface area contributed by atoms with E-state index in [9.17, 15) is 0 Å². The fourth-order valence-electron chi connectivity index (χ4n) is 1.74. The molecule has 0 rings (SSSR count). The first-order valence-corrected chi connectivity index (χ1v) is 7.55. The summed E-state index contributed by atoms with van der Waals surface area (Å²) in [6.07, 6.45) is 1.19. The maximum absolute atomic E-state index is 5.84. The molecule has 98 valence electrons. The van der Waals surface area contributed by atoms with Gasteiger partial charge in [0.1, 0.15) is 0 Å². The summed E-state index contributed by atoms with van der Waals surface area (Å²) in [5.74, 6) is 2.41. The van der Waals surface area contributed by atoms with E-state index >= 15 is 0 Å². The molecule has 0 aromatic heterocycles. The van der Waals surface area contributed by atoms with E-state index in [-0.39, 0.29) is 0 Å². The second kappa shape index (κ2) is 11.7. The Morgan fingerprint density at radius 3 is 2.56 bits per heavy atom. The van der Waals surface area contributed by atoms with Crippen LogP contribution < -0.4 is 5.73 Å². The van der Waals surface area contributed by atoms with E-state index in [0.717, 1.165) is 32.8 Å². The molecule has 3 nitrogen and oxygen atoms in total. The van der Waals surface area contributed by atoms with Gasteiger partial charge in [-0.25, -0.2) is 0 Å². The fraction of sp³-hybridized carbons (Fsp3) is 1.00. The molecule has 0 aromatic rings. The Bertz CT molecular complexity index is 131. The molecule has 0 radical (unpaired) electrons. The zero-order valence-electron chi connectivity index (χ0n) is 11.1. The van der Waals surface area contributed by atoms with Crippen molar-refractivity contribution in [2.45, 2.75) is 33.2 Å². The summed E-state index contributed by atoms with van der Waals surface area (Å²) in [4.78, 5) is 2.44. The highest BCUT2D eigenvalue weighted by atomic mass is 32.2. The summed E-state index contributed by atoms with van der Waals surface area (Å²) in [6.45, 7) is 10.9. The first-order valence-electron chi connectivity index (χ1n) is 6.39. The number of hydrogen-bond acceptors (Lipinski definition) is 4. The van der Waals surface area contributed by atoms with Crippen molar-refractivity contribution in [1.29, 1.82) is 0 Å². The van der Waals surface area contributed by atoms with Crippen LogP contribution >= 0.6 is 11.8 Å². The Labute approximate surface area is 105 Å². The van der Waals surface area contributed by atoms with Gasteiger partial charge in [-0.05, 0) is 31.4 Å². The van der Waals surface area contributed by atoms with E-state index in [0.29, 0.717) is 6.04 Å². The highest BCUT2D eigenvalue weighted by Gasteiger charge is 2.14. The van der Waals surface area contributed by atoms with Gasteiger partial charge in [-0.15, -0.1) is 0 Å². The smallest absolute Gasteiger partial charge is 0.0593 e. The van der Waals surface area contributed by atoms with Gasteiger partial charge in [0, 0.05) is 25.7 Å². The van der Waals surface area contributed by atoms with Crippen LogP contribution in [0.3, 0.4) is 0 Å². The van der Waals surface area contributed by atoms with E-state index in [2.05, 4.69) is 18.7 Å². The summed E-state index contributed by atoms with van der Waals surface area (Å²) in [6, 6.07) is 0.518. The molecule has 0 spiro atoms. The second-order valence-electron chi connectivity index (χ2n) is 3.70. The zero-order valence-corrected chi connectivity index (χ0v) is 11.9. The maximum Gasteiger partial charge on any atom is 0.0593 e. The van der Waals surface area contributed by atoms with Crippen molar-refractivity contribution in [3.8, 4) is 0 Å². The molecule has 0 saturated heterocycles. The fourth-order valence-corrected chi connectivity index (χ4v) is 2.47. The van der Waals surface area contributed by atoms with Crippen LogP contribution in [-0.2, 0) is 4.74 Å². The topological polar surface area (TPSA) is 38.5 Å². The van der Waals surface area contributed by atoms with Crippen LogP contribution in [0.25, 0.3) is 0 Å². The van der Waals surface area contributed by atoms with Crippen molar-refractivity contribution < 1.29 is 4.74 Å². The summed E-state index contributed by atoms with van der Waals surface area (Å²) in [5.41, 5.74) is 5.84. The normalized spacial score (nSPS) is 13.3. The van der Waals surface area contributed by atoms with Crippen molar-refractivity contribution in [2.24, 2.45) is 5.73 Å². The molecule has 0 fully saturated rings. The first-order chi connectivity index (χ1) is 7.79. The molecule has 1 unspecified atom stereocenters. The minimum absolute atomic E-state index is 0.518. The minimum Gasteiger partial charge on any atom is -0.380 e. The van der Waals surface area contributed by atoms with Crippen molar-refractivity contribution >= 4 is 11.8 Å². The lowest BCUT2D eigenvalue weighted by Gasteiger charge is -2.29. The van der Waals surface area contributed by atoms with Gasteiger partial charge in [0.15, 0.2) is 0 Å². The first kappa shape index (κ1) is 16.2. The average molecular weight is 248 g/mol. The van der Waals surface area contributed by atoms with Crippen LogP contribution in [-0.4, -0.2) is 55.3 Å². The summed E-state index contributed by atoms with van der Waals surface area (Å²) >= 11 is 1.99. The lowest BCUT2D eigenvalue weighted by Crippen LogP contribution is -2.42. The lowest BCUT2D eigenvalue weighted by molar-refractivity contribution is 0.0973. The average Bonchev–Trinajstić information content (AvgIpc) is 2.31. The molecule has 0 aliphatic carbocycles. The molecular weight excluding hydrogens is 220 g/mol. The van der Waals surface area contributed by atoms with E-state index in [1.54, 1.807) is 0 Å². The predicted octanol–water partition coefficient (Wildman–Crippen LogP) is 1.82. The number of thioether (sulfide) groups is 1. The number of ether oxygens (including phenoxy) is 1. The van der Waals surface area contributed by atoms with Crippen LogP contribution in [0.2, 0.25) is 0 Å².